The van der Waals surface area contributed by atoms with Gasteiger partial charge in [-0.25, -0.2) is 0 Å². The molecule has 21 heavy (non-hydrogen) atoms. The van der Waals surface area contributed by atoms with Gasteiger partial charge in [0.2, 0.25) is 0 Å². The topological polar surface area (TPSA) is 24.5 Å². The summed E-state index contributed by atoms with van der Waals surface area (Å²) in [5, 5.41) is 3.68. The van der Waals surface area contributed by atoms with E-state index >= 15 is 0 Å². The predicted molar refractivity (Wildman–Crippen MR) is 85.0 cm³/mol. The Bertz CT molecular complexity index is 670. The number of hydrogen-bond acceptors (Lipinski definition) is 3. The van der Waals surface area contributed by atoms with Gasteiger partial charge in [-0.1, -0.05) is 30.3 Å². The van der Waals surface area contributed by atoms with Crippen LogP contribution in [0, 0.1) is 0 Å². The molecule has 4 rings (SSSR count). The van der Waals surface area contributed by atoms with Crippen LogP contribution in [0.25, 0.3) is 0 Å². The molecule has 3 nitrogen and oxygen atoms in total. The van der Waals surface area contributed by atoms with Crippen molar-refractivity contribution in [2.45, 2.75) is 18.0 Å². The highest BCUT2D eigenvalue weighted by Crippen LogP contribution is 2.52. The van der Waals surface area contributed by atoms with E-state index in [-0.39, 0.29) is 5.41 Å². The zero-order chi connectivity index (χ0) is 14.4. The maximum Gasteiger partial charge on any atom is 0.119 e. The number of anilines is 1. The Balaban J connectivity index is 1.97. The van der Waals surface area contributed by atoms with Crippen LogP contribution in [-0.2, 0) is 5.41 Å². The number of hydrogen-bond donors (Lipinski definition) is 1. The van der Waals surface area contributed by atoms with Gasteiger partial charge in [-0.15, -0.1) is 0 Å². The van der Waals surface area contributed by atoms with Crippen LogP contribution in [0.2, 0.25) is 0 Å². The molecule has 108 valence electrons. The fourth-order valence-electron chi connectivity index (χ4n) is 4.11. The molecule has 3 heteroatoms. The van der Waals surface area contributed by atoms with E-state index in [1.807, 2.05) is 0 Å². The smallest absolute Gasteiger partial charge is 0.119 e. The van der Waals surface area contributed by atoms with Crippen LogP contribution in [-0.4, -0.2) is 26.9 Å². The van der Waals surface area contributed by atoms with Crippen LogP contribution in [0.4, 0.5) is 5.69 Å². The normalized spacial score (nSPS) is 26.6. The van der Waals surface area contributed by atoms with Crippen LogP contribution in [0.5, 0.6) is 5.75 Å². The molecule has 2 heterocycles. The van der Waals surface area contributed by atoms with Crippen molar-refractivity contribution in [1.82, 2.24) is 5.32 Å². The second-order valence-corrected chi connectivity index (χ2v) is 5.94. The summed E-state index contributed by atoms with van der Waals surface area (Å²) >= 11 is 0. The van der Waals surface area contributed by atoms with Crippen molar-refractivity contribution in [3.05, 3.63) is 59.7 Å². The molecule has 2 unspecified atom stereocenters. The fourth-order valence-corrected chi connectivity index (χ4v) is 4.11. The molecular formula is C18H20N2O. The minimum absolute atomic E-state index is 0.0277. The lowest BCUT2D eigenvalue weighted by atomic mass is 9.73. The lowest BCUT2D eigenvalue weighted by molar-refractivity contribution is 0.412. The second-order valence-electron chi connectivity index (χ2n) is 5.94. The van der Waals surface area contributed by atoms with Crippen molar-refractivity contribution in [2.75, 3.05) is 25.6 Å². The first-order valence-corrected chi connectivity index (χ1v) is 7.47. The number of likely N-dealkylation sites (N-methyl/N-ethyl adjacent to an activating group) is 1. The van der Waals surface area contributed by atoms with E-state index in [1.54, 1.807) is 7.11 Å². The van der Waals surface area contributed by atoms with E-state index in [4.69, 9.17) is 4.74 Å². The second kappa shape index (κ2) is 4.50. The summed E-state index contributed by atoms with van der Waals surface area (Å²) < 4.78 is 5.47. The molecule has 2 aliphatic rings. The van der Waals surface area contributed by atoms with Gasteiger partial charge in [0.1, 0.15) is 5.75 Å². The highest BCUT2D eigenvalue weighted by atomic mass is 16.5. The largest absolute Gasteiger partial charge is 0.497 e. The first-order chi connectivity index (χ1) is 10.3. The van der Waals surface area contributed by atoms with Gasteiger partial charge < -0.3 is 9.64 Å². The Hall–Kier alpha value is -2.00. The Kier molecular flexibility index (Phi) is 2.73. The molecule has 0 saturated carbocycles. The average molecular weight is 280 g/mol. The van der Waals surface area contributed by atoms with Gasteiger partial charge in [-0.05, 0) is 42.3 Å². The number of methoxy groups -OCH3 is 1. The predicted octanol–water partition coefficient (Wildman–Crippen LogP) is 2.75. The third-order valence-corrected chi connectivity index (χ3v) is 5.06. The molecule has 2 aromatic carbocycles. The Morgan fingerprint density at radius 1 is 1.19 bits per heavy atom. The number of fused-ring (bicyclic) bond motifs is 3. The van der Waals surface area contributed by atoms with Crippen LogP contribution in [0.1, 0.15) is 17.5 Å². The Labute approximate surface area is 125 Å². The van der Waals surface area contributed by atoms with Crippen molar-refractivity contribution >= 4 is 5.69 Å². The van der Waals surface area contributed by atoms with Crippen LogP contribution in [0.3, 0.4) is 0 Å². The number of ether oxygens (including phenoxy) is 1. The van der Waals surface area contributed by atoms with E-state index in [0.717, 1.165) is 18.7 Å². The first kappa shape index (κ1) is 12.7. The quantitative estimate of drug-likeness (QED) is 0.915. The van der Waals surface area contributed by atoms with Crippen molar-refractivity contribution in [3.8, 4) is 5.75 Å². The van der Waals surface area contributed by atoms with Crippen molar-refractivity contribution in [1.29, 1.82) is 0 Å². The molecule has 0 spiro atoms. The van der Waals surface area contributed by atoms with E-state index in [9.17, 15) is 0 Å². The maximum atomic E-state index is 5.47. The average Bonchev–Trinajstić information content (AvgIpc) is 3.08. The SMILES string of the molecule is COc1ccc2c(c1)C1(c3ccccc3)CCNC1N2C. The monoisotopic (exact) mass is 280 g/mol. The van der Waals surface area contributed by atoms with E-state index in [2.05, 4.69) is 65.8 Å². The van der Waals surface area contributed by atoms with Crippen molar-refractivity contribution < 1.29 is 4.74 Å². The number of benzene rings is 2. The summed E-state index contributed by atoms with van der Waals surface area (Å²) in [4.78, 5) is 2.37. The molecule has 0 aliphatic carbocycles. The molecule has 2 atom stereocenters. The first-order valence-electron chi connectivity index (χ1n) is 7.47. The molecule has 0 aromatic heterocycles. The van der Waals surface area contributed by atoms with E-state index in [1.165, 1.54) is 16.8 Å². The summed E-state index contributed by atoms with van der Waals surface area (Å²) in [5.41, 5.74) is 4.10. The molecule has 2 aliphatic heterocycles. The van der Waals surface area contributed by atoms with Gasteiger partial charge in [-0.2, -0.15) is 0 Å². The zero-order valence-electron chi connectivity index (χ0n) is 12.5. The Morgan fingerprint density at radius 3 is 2.76 bits per heavy atom. The zero-order valence-corrected chi connectivity index (χ0v) is 12.5. The van der Waals surface area contributed by atoms with Crippen LogP contribution < -0.4 is 15.0 Å². The van der Waals surface area contributed by atoms with Crippen molar-refractivity contribution in [2.24, 2.45) is 0 Å². The molecule has 1 N–H and O–H groups in total. The van der Waals surface area contributed by atoms with Gasteiger partial charge in [0.05, 0.1) is 18.7 Å². The minimum Gasteiger partial charge on any atom is -0.497 e. The molecule has 1 saturated heterocycles. The summed E-state index contributed by atoms with van der Waals surface area (Å²) in [7, 11) is 3.92. The van der Waals surface area contributed by atoms with E-state index in [0.29, 0.717) is 6.17 Å². The van der Waals surface area contributed by atoms with Gasteiger partial charge in [-0.3, -0.25) is 5.32 Å². The Morgan fingerprint density at radius 2 is 2.00 bits per heavy atom. The van der Waals surface area contributed by atoms with Crippen LogP contribution >= 0.6 is 0 Å². The van der Waals surface area contributed by atoms with Gasteiger partial charge in [0.15, 0.2) is 0 Å². The molecule has 0 amide bonds. The molecule has 0 radical (unpaired) electrons. The fraction of sp³-hybridized carbons (Fsp3) is 0.333. The maximum absolute atomic E-state index is 5.47. The highest BCUT2D eigenvalue weighted by molar-refractivity contribution is 5.69. The van der Waals surface area contributed by atoms with Gasteiger partial charge in [0.25, 0.3) is 0 Å². The van der Waals surface area contributed by atoms with Crippen LogP contribution in [0.15, 0.2) is 48.5 Å². The number of nitrogens with one attached hydrogen (secondary N) is 1. The third kappa shape index (κ3) is 1.58. The van der Waals surface area contributed by atoms with Gasteiger partial charge in [0, 0.05) is 12.7 Å². The van der Waals surface area contributed by atoms with Crippen molar-refractivity contribution in [3.63, 3.8) is 0 Å². The summed E-state index contributed by atoms with van der Waals surface area (Å²) in [5.74, 6) is 0.935. The number of nitrogens with zero attached hydrogens (tertiary/aromatic N) is 1. The number of rotatable bonds is 2. The van der Waals surface area contributed by atoms with Gasteiger partial charge >= 0.3 is 0 Å². The summed E-state index contributed by atoms with van der Waals surface area (Å²) in [6.45, 7) is 1.04. The molecular weight excluding hydrogens is 260 g/mol. The minimum atomic E-state index is 0.0277. The lowest BCUT2D eigenvalue weighted by Crippen LogP contribution is -2.46. The standard InChI is InChI=1S/C18H20N2O/c1-20-16-9-8-14(21-2)12-15(16)18(10-11-19-17(18)20)13-6-4-3-5-7-13/h3-9,12,17,19H,10-11H2,1-2H3. The van der Waals surface area contributed by atoms with E-state index < -0.39 is 0 Å². The summed E-state index contributed by atoms with van der Waals surface area (Å²) in [6.07, 6.45) is 1.44. The summed E-state index contributed by atoms with van der Waals surface area (Å²) in [6, 6.07) is 17.3. The molecule has 1 fully saturated rings. The third-order valence-electron chi connectivity index (χ3n) is 5.06. The highest BCUT2D eigenvalue weighted by Gasteiger charge is 2.53. The molecule has 2 aromatic rings. The lowest BCUT2D eigenvalue weighted by Gasteiger charge is -2.32. The molecule has 0 bridgehead atoms.